The average molecular weight is 397 g/mol. The van der Waals surface area contributed by atoms with Gasteiger partial charge in [0.15, 0.2) is 0 Å². The van der Waals surface area contributed by atoms with Gasteiger partial charge in [0.05, 0.1) is 5.02 Å². The van der Waals surface area contributed by atoms with Gasteiger partial charge in [0.2, 0.25) is 10.0 Å². The van der Waals surface area contributed by atoms with Crippen LogP contribution in [0.1, 0.15) is 55.3 Å². The smallest absolute Gasteiger partial charge is 0.251 e. The average Bonchev–Trinajstić information content (AvgIpc) is 3.25. The molecular weight excluding hydrogens is 372 g/mol. The Morgan fingerprint density at radius 1 is 1.12 bits per heavy atom. The molecule has 1 saturated heterocycles. The number of fused-ring (bicyclic) bond motifs is 2. The SMILES string of the molecule is O=C(N[C@H]1C[C@H]2CC[C@@H]1C2)c1ccc(Cl)c(S(=O)(=O)N2CCCCC2)c1. The lowest BCUT2D eigenvalue weighted by molar-refractivity contribution is 0.0922. The van der Waals surface area contributed by atoms with Gasteiger partial charge in [-0.1, -0.05) is 24.4 Å². The van der Waals surface area contributed by atoms with Gasteiger partial charge < -0.3 is 5.32 Å². The molecule has 1 aromatic carbocycles. The van der Waals surface area contributed by atoms with Gasteiger partial charge in [-0.3, -0.25) is 4.79 Å². The van der Waals surface area contributed by atoms with Crippen molar-refractivity contribution in [3.63, 3.8) is 0 Å². The molecule has 5 nitrogen and oxygen atoms in total. The Morgan fingerprint density at radius 3 is 2.54 bits per heavy atom. The van der Waals surface area contributed by atoms with Crippen molar-refractivity contribution in [3.05, 3.63) is 28.8 Å². The minimum absolute atomic E-state index is 0.0432. The van der Waals surface area contributed by atoms with E-state index in [0.717, 1.165) is 31.6 Å². The third kappa shape index (κ3) is 3.39. The summed E-state index contributed by atoms with van der Waals surface area (Å²) in [6.07, 6.45) is 7.48. The monoisotopic (exact) mass is 396 g/mol. The van der Waals surface area contributed by atoms with Crippen LogP contribution in [0.3, 0.4) is 0 Å². The van der Waals surface area contributed by atoms with E-state index in [1.807, 2.05) is 0 Å². The summed E-state index contributed by atoms with van der Waals surface area (Å²) in [4.78, 5) is 12.7. The fourth-order valence-electron chi connectivity index (χ4n) is 4.76. The topological polar surface area (TPSA) is 66.5 Å². The van der Waals surface area contributed by atoms with Gasteiger partial charge in [-0.05, 0) is 62.1 Å². The molecule has 0 spiro atoms. The van der Waals surface area contributed by atoms with Crippen LogP contribution in [0.4, 0.5) is 0 Å². The number of rotatable bonds is 4. The molecule has 1 aliphatic heterocycles. The summed E-state index contributed by atoms with van der Waals surface area (Å²) in [5, 5.41) is 3.29. The van der Waals surface area contributed by atoms with Crippen molar-refractivity contribution in [2.24, 2.45) is 11.8 Å². The van der Waals surface area contributed by atoms with E-state index < -0.39 is 10.0 Å². The molecule has 1 amide bonds. The number of hydrogen-bond donors (Lipinski definition) is 1. The summed E-state index contributed by atoms with van der Waals surface area (Å²) >= 11 is 6.19. The molecule has 3 atom stereocenters. The van der Waals surface area contributed by atoms with E-state index in [2.05, 4.69) is 5.32 Å². The molecule has 3 aliphatic rings. The van der Waals surface area contributed by atoms with Crippen LogP contribution in [0.2, 0.25) is 5.02 Å². The van der Waals surface area contributed by atoms with Crippen LogP contribution in [-0.4, -0.2) is 37.8 Å². The van der Waals surface area contributed by atoms with Crippen LogP contribution in [0.5, 0.6) is 0 Å². The highest BCUT2D eigenvalue weighted by Gasteiger charge is 2.40. The van der Waals surface area contributed by atoms with Crippen molar-refractivity contribution in [3.8, 4) is 0 Å². The van der Waals surface area contributed by atoms with Crippen molar-refractivity contribution in [1.29, 1.82) is 0 Å². The van der Waals surface area contributed by atoms with Gasteiger partial charge in [-0.15, -0.1) is 0 Å². The molecule has 142 valence electrons. The van der Waals surface area contributed by atoms with Gasteiger partial charge in [-0.25, -0.2) is 8.42 Å². The second-order valence-electron chi connectivity index (χ2n) is 7.86. The van der Waals surface area contributed by atoms with E-state index in [1.54, 1.807) is 6.07 Å². The highest BCUT2D eigenvalue weighted by molar-refractivity contribution is 7.89. The van der Waals surface area contributed by atoms with Crippen molar-refractivity contribution in [1.82, 2.24) is 9.62 Å². The molecule has 0 aromatic heterocycles. The first-order chi connectivity index (χ1) is 12.4. The van der Waals surface area contributed by atoms with Gasteiger partial charge in [0, 0.05) is 24.7 Å². The lowest BCUT2D eigenvalue weighted by atomic mass is 9.95. The molecule has 3 fully saturated rings. The third-order valence-electron chi connectivity index (χ3n) is 6.18. The summed E-state index contributed by atoms with van der Waals surface area (Å²) in [6, 6.07) is 4.79. The number of benzene rings is 1. The maximum atomic E-state index is 12.9. The number of hydrogen-bond acceptors (Lipinski definition) is 3. The third-order valence-corrected chi connectivity index (χ3v) is 8.56. The fraction of sp³-hybridized carbons (Fsp3) is 0.632. The van der Waals surface area contributed by atoms with Crippen LogP contribution in [0, 0.1) is 11.8 Å². The van der Waals surface area contributed by atoms with Gasteiger partial charge in [0.25, 0.3) is 5.91 Å². The van der Waals surface area contributed by atoms with E-state index >= 15 is 0 Å². The minimum atomic E-state index is -3.66. The van der Waals surface area contributed by atoms with E-state index in [4.69, 9.17) is 11.6 Å². The predicted molar refractivity (Wildman–Crippen MR) is 101 cm³/mol. The standard InChI is InChI=1S/C19H25ClN2O3S/c20-16-7-6-15(19(23)21-17-11-13-4-5-14(17)10-13)12-18(16)26(24,25)22-8-2-1-3-9-22/h6-7,12-14,17H,1-5,8-11H2,(H,21,23)/t13-,14+,17-/m0/s1. The van der Waals surface area contributed by atoms with Crippen molar-refractivity contribution >= 4 is 27.5 Å². The molecule has 1 aromatic rings. The first-order valence-electron chi connectivity index (χ1n) is 9.56. The Morgan fingerprint density at radius 2 is 1.88 bits per heavy atom. The maximum Gasteiger partial charge on any atom is 0.251 e. The summed E-state index contributed by atoms with van der Waals surface area (Å²) < 4.78 is 27.4. The molecule has 2 bridgehead atoms. The first kappa shape index (κ1) is 18.3. The molecule has 4 rings (SSSR count). The Labute approximate surface area is 160 Å². The number of nitrogens with zero attached hydrogens (tertiary/aromatic N) is 1. The van der Waals surface area contributed by atoms with E-state index in [-0.39, 0.29) is 21.9 Å². The van der Waals surface area contributed by atoms with E-state index in [1.165, 1.54) is 35.7 Å². The van der Waals surface area contributed by atoms with E-state index in [0.29, 0.717) is 24.6 Å². The normalized spacial score (nSPS) is 29.0. The molecule has 2 saturated carbocycles. The van der Waals surface area contributed by atoms with Crippen molar-refractivity contribution < 1.29 is 13.2 Å². The molecule has 0 radical (unpaired) electrons. The number of halogens is 1. The second kappa shape index (κ2) is 7.13. The van der Waals surface area contributed by atoms with Crippen molar-refractivity contribution in [2.45, 2.75) is 55.9 Å². The lowest BCUT2D eigenvalue weighted by Crippen LogP contribution is -2.39. The van der Waals surface area contributed by atoms with Crippen molar-refractivity contribution in [2.75, 3.05) is 13.1 Å². The molecule has 1 N–H and O–H groups in total. The fourth-order valence-corrected chi connectivity index (χ4v) is 6.78. The summed E-state index contributed by atoms with van der Waals surface area (Å²) in [5.74, 6) is 1.12. The first-order valence-corrected chi connectivity index (χ1v) is 11.4. The Bertz CT molecular complexity index is 805. The minimum Gasteiger partial charge on any atom is -0.349 e. The summed E-state index contributed by atoms with van der Waals surface area (Å²) in [7, 11) is -3.66. The van der Waals surface area contributed by atoms with Crippen LogP contribution in [0.25, 0.3) is 0 Å². The zero-order valence-electron chi connectivity index (χ0n) is 14.8. The van der Waals surface area contributed by atoms with Crippen LogP contribution in [-0.2, 0) is 10.0 Å². The molecule has 2 aliphatic carbocycles. The van der Waals surface area contributed by atoms with Crippen LogP contribution >= 0.6 is 11.6 Å². The quantitative estimate of drug-likeness (QED) is 0.847. The zero-order valence-corrected chi connectivity index (χ0v) is 16.4. The molecule has 0 unspecified atom stereocenters. The number of amides is 1. The number of sulfonamides is 1. The number of nitrogens with one attached hydrogen (secondary N) is 1. The largest absolute Gasteiger partial charge is 0.349 e. The summed E-state index contributed by atoms with van der Waals surface area (Å²) in [5.41, 5.74) is 0.368. The van der Waals surface area contributed by atoms with Gasteiger partial charge >= 0.3 is 0 Å². The number of piperidine rings is 1. The highest BCUT2D eigenvalue weighted by Crippen LogP contribution is 2.44. The number of carbonyl (C=O) groups is 1. The summed E-state index contributed by atoms with van der Waals surface area (Å²) in [6.45, 7) is 1.03. The molecule has 26 heavy (non-hydrogen) atoms. The predicted octanol–water partition coefficient (Wildman–Crippen LogP) is 3.43. The maximum absolute atomic E-state index is 12.9. The Kier molecular flexibility index (Phi) is 5.01. The van der Waals surface area contributed by atoms with Gasteiger partial charge in [-0.2, -0.15) is 4.31 Å². The Hall–Kier alpha value is -1.11. The zero-order chi connectivity index (χ0) is 18.3. The molecule has 1 heterocycles. The lowest BCUT2D eigenvalue weighted by Gasteiger charge is -2.26. The molecule has 7 heteroatoms. The van der Waals surface area contributed by atoms with E-state index in [9.17, 15) is 13.2 Å². The highest BCUT2D eigenvalue weighted by atomic mass is 35.5. The number of carbonyl (C=O) groups excluding carboxylic acids is 1. The second-order valence-corrected chi connectivity index (χ2v) is 10.2. The molecular formula is C19H25ClN2O3S. The van der Waals surface area contributed by atoms with Crippen LogP contribution < -0.4 is 5.32 Å². The van der Waals surface area contributed by atoms with Gasteiger partial charge in [0.1, 0.15) is 4.90 Å². The Balaban J connectivity index is 1.54. The van der Waals surface area contributed by atoms with Crippen LogP contribution in [0.15, 0.2) is 23.1 Å².